The second-order valence-electron chi connectivity index (χ2n) is 5.94. The van der Waals surface area contributed by atoms with Crippen LogP contribution in [0.2, 0.25) is 0 Å². The van der Waals surface area contributed by atoms with Gasteiger partial charge in [0.25, 0.3) is 0 Å². The summed E-state index contributed by atoms with van der Waals surface area (Å²) in [5.74, 6) is -2.05. The predicted octanol–water partition coefficient (Wildman–Crippen LogP) is 2.52. The lowest BCUT2D eigenvalue weighted by molar-refractivity contribution is -0.385. The van der Waals surface area contributed by atoms with E-state index in [0.29, 0.717) is 11.3 Å². The smallest absolute Gasteiger partial charge is 0.344 e. The van der Waals surface area contributed by atoms with E-state index in [0.717, 1.165) is 0 Å². The summed E-state index contributed by atoms with van der Waals surface area (Å²) in [5.41, 5.74) is 0.980. The van der Waals surface area contributed by atoms with E-state index in [1.54, 1.807) is 20.8 Å². The number of H-pyrrole nitrogens is 1. The standard InChI is InChI=1S/C19H20N2O8/c1-4-27-19(24)17-11(2)18(20-12(17)3)14(22)9-29-16(23)10-28-15-8-6-5-7-13(15)21(25)26/h5-8,20H,4,9-10H2,1-3H3. The van der Waals surface area contributed by atoms with Crippen LogP contribution < -0.4 is 4.74 Å². The number of aromatic amines is 1. The van der Waals surface area contributed by atoms with Gasteiger partial charge < -0.3 is 19.2 Å². The second-order valence-corrected chi connectivity index (χ2v) is 5.94. The van der Waals surface area contributed by atoms with Gasteiger partial charge in [0.05, 0.1) is 22.8 Å². The van der Waals surface area contributed by atoms with Crippen LogP contribution in [-0.4, -0.2) is 47.4 Å². The summed E-state index contributed by atoms with van der Waals surface area (Å²) in [5, 5.41) is 10.9. The molecule has 0 fully saturated rings. The third-order valence-corrected chi connectivity index (χ3v) is 3.97. The van der Waals surface area contributed by atoms with Crippen molar-refractivity contribution in [3.8, 4) is 5.75 Å². The largest absolute Gasteiger partial charge is 0.475 e. The molecule has 0 bridgehead atoms. The van der Waals surface area contributed by atoms with Gasteiger partial charge in [-0.3, -0.25) is 14.9 Å². The van der Waals surface area contributed by atoms with E-state index in [1.807, 2.05) is 0 Å². The third kappa shape index (κ3) is 5.18. The van der Waals surface area contributed by atoms with Crippen molar-refractivity contribution in [1.82, 2.24) is 4.98 Å². The van der Waals surface area contributed by atoms with Gasteiger partial charge in [-0.25, -0.2) is 9.59 Å². The first-order valence-electron chi connectivity index (χ1n) is 8.67. The molecule has 1 N–H and O–H groups in total. The van der Waals surface area contributed by atoms with Crippen molar-refractivity contribution in [2.45, 2.75) is 20.8 Å². The maximum absolute atomic E-state index is 12.3. The van der Waals surface area contributed by atoms with Crippen LogP contribution in [0, 0.1) is 24.0 Å². The highest BCUT2D eigenvalue weighted by Crippen LogP contribution is 2.25. The monoisotopic (exact) mass is 404 g/mol. The molecule has 1 aromatic heterocycles. The van der Waals surface area contributed by atoms with Crippen molar-refractivity contribution >= 4 is 23.4 Å². The molecule has 0 saturated heterocycles. The summed E-state index contributed by atoms with van der Waals surface area (Å²) in [6.07, 6.45) is 0. The molecule has 0 spiro atoms. The molecule has 0 aliphatic carbocycles. The summed E-state index contributed by atoms with van der Waals surface area (Å²) in [4.78, 5) is 49.2. The molecule has 10 nitrogen and oxygen atoms in total. The molecule has 2 aromatic rings. The number of nitro benzene ring substituents is 1. The Hall–Kier alpha value is -3.69. The Morgan fingerprint density at radius 3 is 2.45 bits per heavy atom. The molecule has 0 radical (unpaired) electrons. The van der Waals surface area contributed by atoms with Crippen molar-refractivity contribution in [3.05, 3.63) is 56.9 Å². The lowest BCUT2D eigenvalue weighted by atomic mass is 10.1. The van der Waals surface area contributed by atoms with E-state index in [2.05, 4.69) is 4.98 Å². The molecule has 154 valence electrons. The number of ketones is 1. The molecule has 0 aliphatic rings. The van der Waals surface area contributed by atoms with E-state index >= 15 is 0 Å². The number of hydrogen-bond donors (Lipinski definition) is 1. The number of nitro groups is 1. The Labute approximate surface area is 165 Å². The maximum Gasteiger partial charge on any atom is 0.344 e. The minimum Gasteiger partial charge on any atom is -0.475 e. The van der Waals surface area contributed by atoms with Gasteiger partial charge in [0, 0.05) is 11.8 Å². The molecule has 29 heavy (non-hydrogen) atoms. The quantitative estimate of drug-likeness (QED) is 0.291. The highest BCUT2D eigenvalue weighted by atomic mass is 16.6. The van der Waals surface area contributed by atoms with Crippen LogP contribution in [0.5, 0.6) is 5.75 Å². The van der Waals surface area contributed by atoms with E-state index in [4.69, 9.17) is 14.2 Å². The number of nitrogens with one attached hydrogen (secondary N) is 1. The van der Waals surface area contributed by atoms with E-state index < -0.39 is 35.9 Å². The fourth-order valence-electron chi connectivity index (χ4n) is 2.66. The fourth-order valence-corrected chi connectivity index (χ4v) is 2.66. The number of esters is 2. The van der Waals surface area contributed by atoms with Gasteiger partial charge in [-0.1, -0.05) is 12.1 Å². The average molecular weight is 404 g/mol. The van der Waals surface area contributed by atoms with Gasteiger partial charge in [0.15, 0.2) is 19.0 Å². The number of hydrogen-bond acceptors (Lipinski definition) is 8. The number of ether oxygens (including phenoxy) is 3. The number of carbonyl (C=O) groups is 3. The summed E-state index contributed by atoms with van der Waals surface area (Å²) in [7, 11) is 0. The van der Waals surface area contributed by atoms with Gasteiger partial charge in [-0.15, -0.1) is 0 Å². The molecular formula is C19H20N2O8. The van der Waals surface area contributed by atoms with E-state index in [1.165, 1.54) is 24.3 Å². The Balaban J connectivity index is 1.96. The van der Waals surface area contributed by atoms with Crippen molar-refractivity contribution in [2.75, 3.05) is 19.8 Å². The zero-order chi connectivity index (χ0) is 21.6. The van der Waals surface area contributed by atoms with Gasteiger partial charge in [-0.2, -0.15) is 0 Å². The van der Waals surface area contributed by atoms with Crippen LogP contribution in [-0.2, 0) is 14.3 Å². The van der Waals surface area contributed by atoms with Crippen LogP contribution in [0.25, 0.3) is 0 Å². The minimum absolute atomic E-state index is 0.0873. The third-order valence-electron chi connectivity index (χ3n) is 3.97. The molecular weight excluding hydrogens is 384 g/mol. The molecule has 0 atom stereocenters. The zero-order valence-corrected chi connectivity index (χ0v) is 16.1. The Bertz CT molecular complexity index is 948. The van der Waals surface area contributed by atoms with Crippen LogP contribution in [0.3, 0.4) is 0 Å². The Kier molecular flexibility index (Phi) is 7.07. The molecule has 0 saturated carbocycles. The number of para-hydroxylation sites is 2. The number of carbonyl (C=O) groups excluding carboxylic acids is 3. The predicted molar refractivity (Wildman–Crippen MR) is 100 cm³/mol. The van der Waals surface area contributed by atoms with E-state index in [-0.39, 0.29) is 29.3 Å². The summed E-state index contributed by atoms with van der Waals surface area (Å²) >= 11 is 0. The SMILES string of the molecule is CCOC(=O)c1c(C)[nH]c(C(=O)COC(=O)COc2ccccc2[N+](=O)[O-])c1C. The van der Waals surface area contributed by atoms with Crippen molar-refractivity contribution < 1.29 is 33.5 Å². The van der Waals surface area contributed by atoms with Crippen LogP contribution >= 0.6 is 0 Å². The normalized spacial score (nSPS) is 10.3. The lowest BCUT2D eigenvalue weighted by Gasteiger charge is -2.07. The first kappa shape index (κ1) is 21.6. The maximum atomic E-state index is 12.3. The number of nitrogens with zero attached hydrogens (tertiary/aromatic N) is 1. The lowest BCUT2D eigenvalue weighted by Crippen LogP contribution is -2.20. The van der Waals surface area contributed by atoms with Crippen molar-refractivity contribution in [1.29, 1.82) is 0 Å². The van der Waals surface area contributed by atoms with Crippen LogP contribution in [0.15, 0.2) is 24.3 Å². The van der Waals surface area contributed by atoms with Gasteiger partial charge in [0.1, 0.15) is 0 Å². The molecule has 0 aliphatic heterocycles. The zero-order valence-electron chi connectivity index (χ0n) is 16.1. The summed E-state index contributed by atoms with van der Waals surface area (Å²) < 4.78 is 14.9. The topological polar surface area (TPSA) is 138 Å². The Morgan fingerprint density at radius 1 is 1.10 bits per heavy atom. The number of aromatic nitrogens is 1. The molecule has 1 aromatic carbocycles. The average Bonchev–Trinajstić information content (AvgIpc) is 2.99. The fraction of sp³-hybridized carbons (Fsp3) is 0.316. The number of benzene rings is 1. The molecule has 10 heteroatoms. The van der Waals surface area contributed by atoms with Gasteiger partial charge in [-0.05, 0) is 32.4 Å². The van der Waals surface area contributed by atoms with Gasteiger partial charge in [0.2, 0.25) is 5.78 Å². The highest BCUT2D eigenvalue weighted by molar-refractivity contribution is 6.02. The van der Waals surface area contributed by atoms with Crippen LogP contribution in [0.1, 0.15) is 39.0 Å². The number of rotatable bonds is 9. The minimum atomic E-state index is -0.872. The molecule has 1 heterocycles. The Morgan fingerprint density at radius 2 is 1.79 bits per heavy atom. The second kappa shape index (κ2) is 9.49. The van der Waals surface area contributed by atoms with Crippen molar-refractivity contribution in [2.24, 2.45) is 0 Å². The van der Waals surface area contributed by atoms with Crippen LogP contribution in [0.4, 0.5) is 5.69 Å². The molecule has 0 unspecified atom stereocenters. The number of aryl methyl sites for hydroxylation is 1. The van der Waals surface area contributed by atoms with Gasteiger partial charge >= 0.3 is 17.6 Å². The molecule has 0 amide bonds. The first-order valence-corrected chi connectivity index (χ1v) is 8.67. The van der Waals surface area contributed by atoms with Crippen molar-refractivity contribution in [3.63, 3.8) is 0 Å². The molecule has 2 rings (SSSR count). The summed E-state index contributed by atoms with van der Waals surface area (Å²) in [6.45, 7) is 3.90. The highest BCUT2D eigenvalue weighted by Gasteiger charge is 2.23. The summed E-state index contributed by atoms with van der Waals surface area (Å²) in [6, 6.07) is 5.57. The first-order chi connectivity index (χ1) is 13.8. The number of Topliss-reactive ketones (excluding diaryl/α,β-unsaturated/α-hetero) is 1. The van der Waals surface area contributed by atoms with E-state index in [9.17, 15) is 24.5 Å².